The first kappa shape index (κ1) is 60.9. The van der Waals surface area contributed by atoms with Gasteiger partial charge in [0.1, 0.15) is 13.2 Å². The number of carbonyl (C=O) groups is 1. The highest BCUT2D eigenvalue weighted by molar-refractivity contribution is 7.45. The van der Waals surface area contributed by atoms with Crippen LogP contribution in [0, 0.1) is 0 Å². The number of aliphatic hydroxyl groups excluding tert-OH is 1. The number of phosphoric ester groups is 1. The molecule has 2 N–H and O–H groups in total. The lowest BCUT2D eigenvalue weighted by Crippen LogP contribution is -2.45. The van der Waals surface area contributed by atoms with Crippen LogP contribution in [0.5, 0.6) is 0 Å². The van der Waals surface area contributed by atoms with E-state index in [1.165, 1.54) is 122 Å². The molecular weight excluding hydrogens is 804 g/mol. The maximum atomic E-state index is 12.9. The van der Waals surface area contributed by atoms with E-state index >= 15 is 0 Å². The Morgan fingerprint density at radius 3 is 1.41 bits per heavy atom. The van der Waals surface area contributed by atoms with Gasteiger partial charge in [-0.05, 0) is 64.2 Å². The molecule has 3 unspecified atom stereocenters. The first-order chi connectivity index (χ1) is 30.5. The van der Waals surface area contributed by atoms with Crippen LogP contribution in [-0.2, 0) is 18.4 Å². The fraction of sp³-hybridized carbons (Fsp3) is 0.759. The molecule has 8 nitrogen and oxygen atoms in total. The Balaban J connectivity index is 4.06. The minimum atomic E-state index is -4.59. The zero-order valence-electron chi connectivity index (χ0n) is 41.5. The van der Waals surface area contributed by atoms with E-state index < -0.39 is 20.0 Å². The van der Waals surface area contributed by atoms with Gasteiger partial charge in [-0.3, -0.25) is 9.36 Å². The monoisotopic (exact) mass is 903 g/mol. The van der Waals surface area contributed by atoms with Crippen LogP contribution in [0.1, 0.15) is 213 Å². The second-order valence-electron chi connectivity index (χ2n) is 18.5. The molecular formula is C54H99N2O6P. The molecule has 0 spiro atoms. The Kier molecular flexibility index (Phi) is 43.6. The third-order valence-electron chi connectivity index (χ3n) is 11.2. The Bertz CT molecular complexity index is 1250. The van der Waals surface area contributed by atoms with Crippen LogP contribution in [0.4, 0.5) is 0 Å². The standard InChI is InChI=1S/C54H99N2O6P/c1-6-8-10-12-14-16-18-19-20-21-22-23-24-25-26-27-28-29-30-31-32-33-34-35-36-37-38-40-42-44-46-48-54(58)55-52(51-62-63(59,60)61-50-49-56(3,4)5)53(57)47-45-43-41-39-17-15-13-11-9-7-2/h8,10,14,16,19-20,22-23,25-26,45,47,52-53,57H,6-7,9,11-13,15,17-18,21,24,27-44,46,48-51H2,1-5H3,(H-,55,58,59,60)/b10-8-,16-14-,20-19-,23-22-,26-25-,47-45+. The lowest BCUT2D eigenvalue weighted by atomic mass is 10.0. The average Bonchev–Trinajstić information content (AvgIpc) is 3.24. The summed E-state index contributed by atoms with van der Waals surface area (Å²) in [4.78, 5) is 25.3. The molecule has 0 aromatic heterocycles. The van der Waals surface area contributed by atoms with E-state index in [4.69, 9.17) is 9.05 Å². The molecule has 0 rings (SSSR count). The van der Waals surface area contributed by atoms with Crippen molar-refractivity contribution in [1.29, 1.82) is 0 Å². The predicted molar refractivity (Wildman–Crippen MR) is 270 cm³/mol. The third kappa shape index (κ3) is 47.7. The van der Waals surface area contributed by atoms with Gasteiger partial charge in [0.05, 0.1) is 39.9 Å². The lowest BCUT2D eigenvalue weighted by Gasteiger charge is -2.29. The van der Waals surface area contributed by atoms with Gasteiger partial charge in [0.2, 0.25) is 5.91 Å². The van der Waals surface area contributed by atoms with Gasteiger partial charge in [0.25, 0.3) is 7.82 Å². The van der Waals surface area contributed by atoms with Crippen LogP contribution >= 0.6 is 7.82 Å². The van der Waals surface area contributed by atoms with Gasteiger partial charge in [-0.25, -0.2) is 0 Å². The van der Waals surface area contributed by atoms with Crippen molar-refractivity contribution >= 4 is 13.7 Å². The molecule has 0 aliphatic carbocycles. The molecule has 366 valence electrons. The number of carbonyl (C=O) groups excluding carboxylic acids is 1. The summed E-state index contributed by atoms with van der Waals surface area (Å²) in [6, 6.07) is -0.887. The smallest absolute Gasteiger partial charge is 0.268 e. The minimum Gasteiger partial charge on any atom is -0.756 e. The Hall–Kier alpha value is -2.06. The van der Waals surface area contributed by atoms with Crippen molar-refractivity contribution < 1.29 is 32.9 Å². The predicted octanol–water partition coefficient (Wildman–Crippen LogP) is 14.5. The maximum absolute atomic E-state index is 12.9. The van der Waals surface area contributed by atoms with Crippen molar-refractivity contribution in [2.45, 2.75) is 225 Å². The summed E-state index contributed by atoms with van der Waals surface area (Å²) >= 11 is 0. The van der Waals surface area contributed by atoms with E-state index in [0.29, 0.717) is 17.4 Å². The third-order valence-corrected chi connectivity index (χ3v) is 12.1. The molecule has 9 heteroatoms. The molecule has 0 aliphatic heterocycles. The topological polar surface area (TPSA) is 108 Å². The second kappa shape index (κ2) is 45.1. The summed E-state index contributed by atoms with van der Waals surface area (Å²) in [7, 11) is 1.25. The van der Waals surface area contributed by atoms with Crippen LogP contribution in [0.15, 0.2) is 72.9 Å². The number of amides is 1. The number of aliphatic hydroxyl groups is 1. The average molecular weight is 903 g/mol. The number of phosphoric acid groups is 1. The summed E-state index contributed by atoms with van der Waals surface area (Å²) in [5, 5.41) is 13.8. The van der Waals surface area contributed by atoms with E-state index in [-0.39, 0.29) is 19.1 Å². The van der Waals surface area contributed by atoms with Crippen LogP contribution in [0.25, 0.3) is 0 Å². The maximum Gasteiger partial charge on any atom is 0.268 e. The van der Waals surface area contributed by atoms with E-state index in [1.54, 1.807) is 6.08 Å². The molecule has 0 bridgehead atoms. The van der Waals surface area contributed by atoms with E-state index in [1.807, 2.05) is 27.2 Å². The quantitative estimate of drug-likeness (QED) is 0.0273. The van der Waals surface area contributed by atoms with Crippen LogP contribution < -0.4 is 10.2 Å². The first-order valence-corrected chi connectivity index (χ1v) is 27.3. The highest BCUT2D eigenvalue weighted by Crippen LogP contribution is 2.38. The number of allylic oxidation sites excluding steroid dienone is 11. The molecule has 0 radical (unpaired) electrons. The molecule has 0 aromatic carbocycles. The van der Waals surface area contributed by atoms with Crippen LogP contribution in [0.3, 0.4) is 0 Å². The van der Waals surface area contributed by atoms with Gasteiger partial charge in [-0.2, -0.15) is 0 Å². The fourth-order valence-corrected chi connectivity index (χ4v) is 7.84. The van der Waals surface area contributed by atoms with Gasteiger partial charge in [-0.15, -0.1) is 0 Å². The summed E-state index contributed by atoms with van der Waals surface area (Å²) in [6.07, 6.45) is 61.2. The highest BCUT2D eigenvalue weighted by Gasteiger charge is 2.23. The van der Waals surface area contributed by atoms with Gasteiger partial charge in [-0.1, -0.05) is 215 Å². The van der Waals surface area contributed by atoms with E-state index in [2.05, 4.69) is 79.9 Å². The molecule has 1 amide bonds. The summed E-state index contributed by atoms with van der Waals surface area (Å²) in [5.74, 6) is -0.202. The van der Waals surface area contributed by atoms with Crippen molar-refractivity contribution in [3.8, 4) is 0 Å². The number of nitrogens with zero attached hydrogens (tertiary/aromatic N) is 1. The number of quaternary nitrogens is 1. The number of nitrogens with one attached hydrogen (secondary N) is 1. The molecule has 0 fully saturated rings. The van der Waals surface area contributed by atoms with Gasteiger partial charge in [0.15, 0.2) is 0 Å². The van der Waals surface area contributed by atoms with Crippen molar-refractivity contribution in [3.63, 3.8) is 0 Å². The zero-order chi connectivity index (χ0) is 46.4. The van der Waals surface area contributed by atoms with Crippen molar-refractivity contribution in [3.05, 3.63) is 72.9 Å². The Labute approximate surface area is 389 Å². The van der Waals surface area contributed by atoms with E-state index in [0.717, 1.165) is 70.6 Å². The highest BCUT2D eigenvalue weighted by atomic mass is 31.2. The molecule has 0 heterocycles. The Morgan fingerprint density at radius 1 is 0.571 bits per heavy atom. The van der Waals surface area contributed by atoms with Gasteiger partial charge >= 0.3 is 0 Å². The SMILES string of the molecule is CC/C=C\C/C=C\C/C=C\C/C=C\C/C=C\CCCCCCCCCCCCCCCCCC(=O)NC(COP(=O)([O-])OCC[N+](C)(C)C)C(O)/C=C/CCCCCCCCCC. The molecule has 0 saturated carbocycles. The molecule has 3 atom stereocenters. The van der Waals surface area contributed by atoms with Gasteiger partial charge in [0, 0.05) is 6.42 Å². The molecule has 0 saturated heterocycles. The van der Waals surface area contributed by atoms with Crippen LogP contribution in [0.2, 0.25) is 0 Å². The number of rotatable bonds is 46. The normalized spacial score (nSPS) is 14.7. The summed E-state index contributed by atoms with van der Waals surface area (Å²) < 4.78 is 23.2. The van der Waals surface area contributed by atoms with E-state index in [9.17, 15) is 19.4 Å². The zero-order valence-corrected chi connectivity index (χ0v) is 42.4. The number of hydrogen-bond acceptors (Lipinski definition) is 6. The summed E-state index contributed by atoms with van der Waals surface area (Å²) in [5.41, 5.74) is 0. The molecule has 63 heavy (non-hydrogen) atoms. The lowest BCUT2D eigenvalue weighted by molar-refractivity contribution is -0.870. The van der Waals surface area contributed by atoms with Crippen LogP contribution in [-0.4, -0.2) is 68.5 Å². The Morgan fingerprint density at radius 2 is 0.968 bits per heavy atom. The fourth-order valence-electron chi connectivity index (χ4n) is 7.12. The minimum absolute atomic E-state index is 0.00294. The second-order valence-corrected chi connectivity index (χ2v) is 19.9. The first-order valence-electron chi connectivity index (χ1n) is 25.8. The number of hydrogen-bond donors (Lipinski definition) is 2. The largest absolute Gasteiger partial charge is 0.756 e. The van der Waals surface area contributed by atoms with Crippen molar-refractivity contribution in [2.75, 3.05) is 40.9 Å². The van der Waals surface area contributed by atoms with Crippen molar-refractivity contribution in [1.82, 2.24) is 5.32 Å². The van der Waals surface area contributed by atoms with Crippen molar-refractivity contribution in [2.24, 2.45) is 0 Å². The molecule has 0 aromatic rings. The van der Waals surface area contributed by atoms with Gasteiger partial charge < -0.3 is 28.8 Å². The molecule has 0 aliphatic rings. The number of likely N-dealkylation sites (N-methyl/N-ethyl adjacent to an activating group) is 1. The number of unbranched alkanes of at least 4 members (excludes halogenated alkanes) is 23. The summed E-state index contributed by atoms with van der Waals surface area (Å²) in [6.45, 7) is 4.50.